The lowest BCUT2D eigenvalue weighted by Crippen LogP contribution is -2.17. The first-order valence-corrected chi connectivity index (χ1v) is 8.11. The van der Waals surface area contributed by atoms with E-state index in [1.807, 2.05) is 0 Å². The molecule has 0 aliphatic heterocycles. The molecule has 0 radical (unpaired) electrons. The normalized spacial score (nSPS) is 15.0. The number of esters is 1. The van der Waals surface area contributed by atoms with Crippen LogP contribution in [0.5, 0.6) is 0 Å². The van der Waals surface area contributed by atoms with Crippen molar-refractivity contribution >= 4 is 29.2 Å². The van der Waals surface area contributed by atoms with Crippen LogP contribution in [0.2, 0.25) is 0 Å². The highest BCUT2D eigenvalue weighted by Gasteiger charge is 2.27. The van der Waals surface area contributed by atoms with Crippen LogP contribution in [0.25, 0.3) is 0 Å². The van der Waals surface area contributed by atoms with E-state index < -0.39 is 10.9 Å². The van der Waals surface area contributed by atoms with Gasteiger partial charge in [-0.25, -0.2) is 0 Å². The lowest BCUT2D eigenvalue weighted by Gasteiger charge is -2.19. The van der Waals surface area contributed by atoms with Crippen molar-refractivity contribution in [3.05, 3.63) is 45.0 Å². The summed E-state index contributed by atoms with van der Waals surface area (Å²) in [5.74, 6) is -0.541. The third-order valence-electron chi connectivity index (χ3n) is 3.28. The number of ether oxygens (including phenoxy) is 1. The van der Waals surface area contributed by atoms with Crippen LogP contribution < -0.4 is 0 Å². The molecule has 0 heterocycles. The summed E-state index contributed by atoms with van der Waals surface area (Å²) in [4.78, 5) is 35.3. The fourth-order valence-electron chi connectivity index (χ4n) is 2.05. The molecule has 122 valence electrons. The van der Waals surface area contributed by atoms with Crippen molar-refractivity contribution < 1.29 is 19.2 Å². The molecule has 0 atom stereocenters. The maximum absolute atomic E-state index is 12.2. The summed E-state index contributed by atoms with van der Waals surface area (Å²) in [6, 6.07) is 6.21. The molecule has 0 amide bonds. The van der Waals surface area contributed by atoms with Gasteiger partial charge in [-0.05, 0) is 12.5 Å². The number of hydrogen-bond acceptors (Lipinski definition) is 6. The second-order valence-electron chi connectivity index (χ2n) is 5.43. The Balaban J connectivity index is 2.36. The number of nitro groups is 1. The molecular formula is C16H17NO5S. The fraction of sp³-hybridized carbons (Fsp3) is 0.375. The van der Waals surface area contributed by atoms with E-state index >= 15 is 0 Å². The van der Waals surface area contributed by atoms with Gasteiger partial charge in [0.25, 0.3) is 5.69 Å². The van der Waals surface area contributed by atoms with Crippen LogP contribution in [0.15, 0.2) is 39.8 Å². The summed E-state index contributed by atoms with van der Waals surface area (Å²) in [5, 5.41) is 11.1. The summed E-state index contributed by atoms with van der Waals surface area (Å²) in [6.45, 7) is 3.42. The summed E-state index contributed by atoms with van der Waals surface area (Å²) >= 11 is 1.00. The molecule has 0 unspecified atom stereocenters. The highest BCUT2D eigenvalue weighted by atomic mass is 32.2. The minimum atomic E-state index is -0.490. The highest BCUT2D eigenvalue weighted by molar-refractivity contribution is 8.04. The quantitative estimate of drug-likeness (QED) is 0.461. The minimum Gasteiger partial charge on any atom is -0.430 e. The van der Waals surface area contributed by atoms with Gasteiger partial charge in [0, 0.05) is 18.9 Å². The Bertz CT molecular complexity index is 681. The average Bonchev–Trinajstić information content (AvgIpc) is 2.50. The number of thioether (sulfide) groups is 1. The average molecular weight is 335 g/mol. The van der Waals surface area contributed by atoms with Crippen molar-refractivity contribution in [2.75, 3.05) is 0 Å². The van der Waals surface area contributed by atoms with Gasteiger partial charge in [0.2, 0.25) is 0 Å². The Morgan fingerprint density at radius 2 is 2.00 bits per heavy atom. The number of hydrogen-bond donors (Lipinski definition) is 0. The van der Waals surface area contributed by atoms with E-state index in [1.165, 1.54) is 6.07 Å². The van der Waals surface area contributed by atoms with Crippen LogP contribution in [0.4, 0.5) is 5.69 Å². The predicted octanol–water partition coefficient (Wildman–Crippen LogP) is 3.85. The van der Waals surface area contributed by atoms with E-state index in [4.69, 9.17) is 4.74 Å². The Kier molecular flexibility index (Phi) is 5.54. The zero-order valence-electron chi connectivity index (χ0n) is 12.9. The lowest BCUT2D eigenvalue weighted by molar-refractivity contribution is -0.387. The highest BCUT2D eigenvalue weighted by Crippen LogP contribution is 2.39. The number of carbonyl (C=O) groups is 2. The van der Waals surface area contributed by atoms with E-state index in [2.05, 4.69) is 0 Å². The van der Waals surface area contributed by atoms with E-state index in [0.717, 1.165) is 11.8 Å². The summed E-state index contributed by atoms with van der Waals surface area (Å²) in [7, 11) is 0. The van der Waals surface area contributed by atoms with Crippen molar-refractivity contribution in [1.82, 2.24) is 0 Å². The Labute approximate surface area is 138 Å². The van der Waals surface area contributed by atoms with Gasteiger partial charge in [0.1, 0.15) is 5.76 Å². The standard InChI is InChI=1S/C16H17NO5S/c1-10(2)16(19)22-13-8-5-7-12(18)15(13)23-14-9-4-3-6-11(14)17(20)21/h3-4,6,9-10H,5,7-8H2,1-2H3. The fourth-order valence-corrected chi connectivity index (χ4v) is 3.13. The maximum Gasteiger partial charge on any atom is 0.313 e. The first-order chi connectivity index (χ1) is 10.9. The predicted molar refractivity (Wildman–Crippen MR) is 85.8 cm³/mol. The first-order valence-electron chi connectivity index (χ1n) is 7.29. The third-order valence-corrected chi connectivity index (χ3v) is 4.51. The van der Waals surface area contributed by atoms with Gasteiger partial charge in [-0.1, -0.05) is 37.7 Å². The number of benzene rings is 1. The summed E-state index contributed by atoms with van der Waals surface area (Å²) < 4.78 is 5.34. The topological polar surface area (TPSA) is 86.5 Å². The maximum atomic E-state index is 12.2. The molecule has 1 aromatic rings. The molecule has 2 rings (SSSR count). The Hall–Kier alpha value is -2.15. The third kappa shape index (κ3) is 4.19. The van der Waals surface area contributed by atoms with Crippen molar-refractivity contribution in [2.45, 2.75) is 38.0 Å². The molecule has 0 N–H and O–H groups in total. The van der Waals surface area contributed by atoms with Crippen LogP contribution in [0.1, 0.15) is 33.1 Å². The number of carbonyl (C=O) groups excluding carboxylic acids is 2. The second kappa shape index (κ2) is 7.41. The molecule has 1 aliphatic carbocycles. The molecule has 1 aromatic carbocycles. The molecule has 1 aliphatic rings. The zero-order chi connectivity index (χ0) is 17.0. The minimum absolute atomic E-state index is 0.0714. The van der Waals surface area contributed by atoms with Gasteiger partial charge in [-0.3, -0.25) is 19.7 Å². The number of Topliss-reactive ketones (excluding diaryl/α,β-unsaturated/α-hetero) is 1. The lowest BCUT2D eigenvalue weighted by atomic mass is 10.0. The molecule has 0 aromatic heterocycles. The largest absolute Gasteiger partial charge is 0.430 e. The van der Waals surface area contributed by atoms with Crippen LogP contribution in [0.3, 0.4) is 0 Å². The Morgan fingerprint density at radius 3 is 2.65 bits per heavy atom. The number of nitrogens with zero attached hydrogens (tertiary/aromatic N) is 1. The number of nitro benzene ring substituents is 1. The SMILES string of the molecule is CC(C)C(=O)OC1=C(Sc2ccccc2[N+](=O)[O-])C(=O)CCC1. The molecule has 0 spiro atoms. The van der Waals surface area contributed by atoms with E-state index in [1.54, 1.807) is 32.0 Å². The van der Waals surface area contributed by atoms with E-state index in [9.17, 15) is 19.7 Å². The monoisotopic (exact) mass is 335 g/mol. The van der Waals surface area contributed by atoms with Crippen LogP contribution in [-0.4, -0.2) is 16.7 Å². The second-order valence-corrected chi connectivity index (χ2v) is 6.48. The molecule has 0 bridgehead atoms. The molecule has 7 heteroatoms. The van der Waals surface area contributed by atoms with Gasteiger partial charge in [-0.15, -0.1) is 0 Å². The van der Waals surface area contributed by atoms with Crippen LogP contribution in [0, 0.1) is 16.0 Å². The number of allylic oxidation sites excluding steroid dienone is 2. The number of rotatable bonds is 5. The van der Waals surface area contributed by atoms with E-state index in [0.29, 0.717) is 34.8 Å². The van der Waals surface area contributed by atoms with Gasteiger partial charge >= 0.3 is 5.97 Å². The van der Waals surface area contributed by atoms with Gasteiger partial charge in [0.05, 0.1) is 20.6 Å². The molecule has 0 fully saturated rings. The summed E-state index contributed by atoms with van der Waals surface area (Å²) in [5.41, 5.74) is -0.0714. The van der Waals surface area contributed by atoms with E-state index in [-0.39, 0.29) is 17.4 Å². The van der Waals surface area contributed by atoms with Crippen molar-refractivity contribution in [3.8, 4) is 0 Å². The number of ketones is 1. The van der Waals surface area contributed by atoms with Crippen LogP contribution in [-0.2, 0) is 14.3 Å². The van der Waals surface area contributed by atoms with Gasteiger partial charge in [-0.2, -0.15) is 0 Å². The molecule has 0 saturated carbocycles. The molecular weight excluding hydrogens is 318 g/mol. The van der Waals surface area contributed by atoms with Gasteiger partial charge in [0.15, 0.2) is 5.78 Å². The molecule has 0 saturated heterocycles. The first kappa shape index (κ1) is 17.2. The zero-order valence-corrected chi connectivity index (χ0v) is 13.7. The smallest absolute Gasteiger partial charge is 0.313 e. The van der Waals surface area contributed by atoms with Crippen molar-refractivity contribution in [1.29, 1.82) is 0 Å². The number of para-hydroxylation sites is 1. The molecule has 6 nitrogen and oxygen atoms in total. The Morgan fingerprint density at radius 1 is 1.30 bits per heavy atom. The van der Waals surface area contributed by atoms with Crippen molar-refractivity contribution in [3.63, 3.8) is 0 Å². The molecule has 23 heavy (non-hydrogen) atoms. The summed E-state index contributed by atoms with van der Waals surface area (Å²) in [6.07, 6.45) is 1.44. The van der Waals surface area contributed by atoms with Gasteiger partial charge < -0.3 is 4.74 Å². The van der Waals surface area contributed by atoms with Crippen molar-refractivity contribution in [2.24, 2.45) is 5.92 Å². The van der Waals surface area contributed by atoms with Crippen LogP contribution >= 0.6 is 11.8 Å².